The van der Waals surface area contributed by atoms with Crippen molar-refractivity contribution in [2.45, 2.75) is 24.9 Å². The Morgan fingerprint density at radius 3 is 2.73 bits per heavy atom. The van der Waals surface area contributed by atoms with Crippen molar-refractivity contribution in [1.82, 2.24) is 15.0 Å². The summed E-state index contributed by atoms with van der Waals surface area (Å²) in [4.78, 5) is 15.1. The molecule has 1 saturated heterocycles. The zero-order chi connectivity index (χ0) is 28.4. The first-order valence-electron chi connectivity index (χ1n) is 12.6. The molecule has 208 valence electrons. The standard InChI is InChI=1S/C28H29ClF2N8O/c1-40-23-12-18(30)17(11-19(23)31)21-10-16(13-36-20-6-8-35-27(33)26(20)32)22(14-37-21)39-9-3-7-28(34,15-39)24-4-2-5-25(29)38-24/h2,4-6,8,10-12,14H,3,7,9,13,15,32,34H2,1H3,(H3,33,35,36)/t28-/m1/s1. The fourth-order valence-corrected chi connectivity index (χ4v) is 5.13. The number of nitrogens with two attached hydrogens (primary N) is 3. The molecule has 0 bridgehead atoms. The lowest BCUT2D eigenvalue weighted by Crippen LogP contribution is -2.52. The second-order valence-corrected chi connectivity index (χ2v) is 10.1. The Bertz CT molecular complexity index is 1560. The van der Waals surface area contributed by atoms with E-state index < -0.39 is 17.2 Å². The van der Waals surface area contributed by atoms with Crippen LogP contribution in [0.25, 0.3) is 11.3 Å². The monoisotopic (exact) mass is 566 g/mol. The molecule has 1 aromatic carbocycles. The molecule has 5 rings (SSSR count). The minimum Gasteiger partial charge on any atom is -0.494 e. The summed E-state index contributed by atoms with van der Waals surface area (Å²) in [6, 6.07) is 10.9. The van der Waals surface area contributed by atoms with E-state index in [1.807, 2.05) is 12.1 Å². The van der Waals surface area contributed by atoms with Gasteiger partial charge in [-0.2, -0.15) is 0 Å². The number of benzene rings is 1. The number of pyridine rings is 3. The second-order valence-electron chi connectivity index (χ2n) is 9.70. The van der Waals surface area contributed by atoms with E-state index in [2.05, 4.69) is 25.2 Å². The number of piperidine rings is 1. The number of nitrogens with one attached hydrogen (secondary N) is 1. The van der Waals surface area contributed by atoms with Gasteiger partial charge in [-0.05, 0) is 48.7 Å². The maximum atomic E-state index is 15.0. The first kappa shape index (κ1) is 27.4. The summed E-state index contributed by atoms with van der Waals surface area (Å²) < 4.78 is 34.4. The van der Waals surface area contributed by atoms with Crippen LogP contribution < -0.4 is 32.2 Å². The van der Waals surface area contributed by atoms with Crippen molar-refractivity contribution in [3.63, 3.8) is 0 Å². The smallest absolute Gasteiger partial charge is 0.165 e. The topological polar surface area (TPSA) is 141 Å². The molecule has 0 spiro atoms. The first-order chi connectivity index (χ1) is 19.2. The highest BCUT2D eigenvalue weighted by atomic mass is 35.5. The molecule has 1 aliphatic rings. The number of hydrogen-bond acceptors (Lipinski definition) is 9. The molecule has 1 fully saturated rings. The number of anilines is 4. The van der Waals surface area contributed by atoms with E-state index in [0.717, 1.165) is 36.2 Å². The Morgan fingerprint density at radius 2 is 1.95 bits per heavy atom. The number of hydrogen-bond donors (Lipinski definition) is 4. The van der Waals surface area contributed by atoms with Gasteiger partial charge in [0.2, 0.25) is 0 Å². The summed E-state index contributed by atoms with van der Waals surface area (Å²) in [5.74, 6) is -1.33. The Morgan fingerprint density at radius 1 is 1.12 bits per heavy atom. The summed E-state index contributed by atoms with van der Waals surface area (Å²) in [7, 11) is 1.28. The minimum atomic E-state index is -0.748. The molecule has 12 heteroatoms. The third-order valence-corrected chi connectivity index (χ3v) is 7.27. The number of halogens is 3. The predicted molar refractivity (Wildman–Crippen MR) is 153 cm³/mol. The summed E-state index contributed by atoms with van der Waals surface area (Å²) in [5.41, 5.74) is 21.5. The zero-order valence-corrected chi connectivity index (χ0v) is 22.6. The van der Waals surface area contributed by atoms with Gasteiger partial charge in [0, 0.05) is 37.5 Å². The number of rotatable bonds is 7. The highest BCUT2D eigenvalue weighted by Crippen LogP contribution is 2.36. The highest BCUT2D eigenvalue weighted by Gasteiger charge is 2.35. The van der Waals surface area contributed by atoms with Gasteiger partial charge < -0.3 is 32.2 Å². The van der Waals surface area contributed by atoms with Gasteiger partial charge in [0.25, 0.3) is 0 Å². The van der Waals surface area contributed by atoms with Crippen molar-refractivity contribution in [3.8, 4) is 17.0 Å². The largest absolute Gasteiger partial charge is 0.494 e. The van der Waals surface area contributed by atoms with E-state index in [-0.39, 0.29) is 29.4 Å². The average molecular weight is 567 g/mol. The number of nitrogens with zero attached hydrogens (tertiary/aromatic N) is 4. The summed E-state index contributed by atoms with van der Waals surface area (Å²) >= 11 is 6.16. The van der Waals surface area contributed by atoms with E-state index in [4.69, 9.17) is 33.5 Å². The molecular formula is C28H29ClF2N8O. The molecule has 0 saturated carbocycles. The van der Waals surface area contributed by atoms with Crippen LogP contribution >= 0.6 is 11.6 Å². The Kier molecular flexibility index (Phi) is 7.59. The van der Waals surface area contributed by atoms with Gasteiger partial charge in [0.15, 0.2) is 11.6 Å². The van der Waals surface area contributed by atoms with Crippen molar-refractivity contribution in [2.24, 2.45) is 5.73 Å². The molecule has 4 aromatic rings. The number of methoxy groups -OCH3 is 1. The second kappa shape index (κ2) is 11.1. The van der Waals surface area contributed by atoms with Gasteiger partial charge in [0.1, 0.15) is 16.8 Å². The Labute approximate surface area is 235 Å². The number of ether oxygens (including phenoxy) is 1. The summed E-state index contributed by atoms with van der Waals surface area (Å²) in [6.45, 7) is 1.44. The zero-order valence-electron chi connectivity index (χ0n) is 21.8. The molecule has 3 aromatic heterocycles. The van der Waals surface area contributed by atoms with Gasteiger partial charge in [-0.1, -0.05) is 17.7 Å². The Hall–Kier alpha value is -4.22. The summed E-state index contributed by atoms with van der Waals surface area (Å²) in [5, 5.41) is 3.66. The third kappa shape index (κ3) is 5.43. The minimum absolute atomic E-state index is 0.00807. The van der Waals surface area contributed by atoms with Crippen molar-refractivity contribution in [1.29, 1.82) is 0 Å². The molecule has 0 radical (unpaired) electrons. The van der Waals surface area contributed by atoms with Gasteiger partial charge >= 0.3 is 0 Å². The van der Waals surface area contributed by atoms with Crippen molar-refractivity contribution in [2.75, 3.05) is 41.9 Å². The van der Waals surface area contributed by atoms with Crippen LogP contribution in [0, 0.1) is 11.6 Å². The van der Waals surface area contributed by atoms with Crippen molar-refractivity contribution in [3.05, 3.63) is 82.9 Å². The van der Waals surface area contributed by atoms with E-state index in [1.165, 1.54) is 7.11 Å². The van der Waals surface area contributed by atoms with E-state index in [1.54, 1.807) is 30.6 Å². The fraction of sp³-hybridized carbons (Fsp3) is 0.250. The quantitative estimate of drug-likeness (QED) is 0.234. The predicted octanol–water partition coefficient (Wildman–Crippen LogP) is 4.71. The van der Waals surface area contributed by atoms with Crippen molar-refractivity contribution < 1.29 is 13.5 Å². The molecule has 7 N–H and O–H groups in total. The third-order valence-electron chi connectivity index (χ3n) is 7.06. The molecular weight excluding hydrogens is 538 g/mol. The molecule has 0 unspecified atom stereocenters. The first-order valence-corrected chi connectivity index (χ1v) is 13.0. The van der Waals surface area contributed by atoms with Gasteiger partial charge in [0.05, 0.1) is 47.3 Å². The lowest BCUT2D eigenvalue weighted by molar-refractivity contribution is 0.345. The Balaban J connectivity index is 1.53. The van der Waals surface area contributed by atoms with Crippen LogP contribution in [-0.4, -0.2) is 35.2 Å². The lowest BCUT2D eigenvalue weighted by Gasteiger charge is -2.41. The molecule has 1 atom stereocenters. The van der Waals surface area contributed by atoms with Crippen LogP contribution in [-0.2, 0) is 12.1 Å². The van der Waals surface area contributed by atoms with Gasteiger partial charge in [-0.3, -0.25) is 4.98 Å². The number of aromatic nitrogens is 3. The van der Waals surface area contributed by atoms with Crippen LogP contribution in [0.3, 0.4) is 0 Å². The molecule has 0 amide bonds. The van der Waals surface area contributed by atoms with E-state index in [0.29, 0.717) is 35.3 Å². The summed E-state index contributed by atoms with van der Waals surface area (Å²) in [6.07, 6.45) is 4.72. The fourth-order valence-electron chi connectivity index (χ4n) is 4.96. The number of nitrogen functional groups attached to an aromatic ring is 2. The van der Waals surface area contributed by atoms with E-state index in [9.17, 15) is 8.78 Å². The lowest BCUT2D eigenvalue weighted by atomic mass is 9.86. The molecule has 0 aliphatic carbocycles. The molecule has 40 heavy (non-hydrogen) atoms. The van der Waals surface area contributed by atoms with Crippen LogP contribution in [0.15, 0.2) is 54.9 Å². The normalized spacial score (nSPS) is 17.1. The maximum Gasteiger partial charge on any atom is 0.165 e. The van der Waals surface area contributed by atoms with Crippen LogP contribution in [0.1, 0.15) is 24.1 Å². The van der Waals surface area contributed by atoms with Crippen LogP contribution in [0.4, 0.5) is 31.7 Å². The van der Waals surface area contributed by atoms with Crippen molar-refractivity contribution >= 4 is 34.5 Å². The van der Waals surface area contributed by atoms with E-state index >= 15 is 0 Å². The molecule has 1 aliphatic heterocycles. The van der Waals surface area contributed by atoms with Gasteiger partial charge in [-0.15, -0.1) is 0 Å². The SMILES string of the molecule is COc1cc(F)c(-c2cc(CNc3ccnc(N)c3N)c(N3CCC[C@](N)(c4cccc(Cl)n4)C3)cn2)cc1F. The maximum absolute atomic E-state index is 15.0. The van der Waals surface area contributed by atoms with Gasteiger partial charge in [-0.25, -0.2) is 18.7 Å². The average Bonchev–Trinajstić information content (AvgIpc) is 2.94. The molecule has 9 nitrogen and oxygen atoms in total. The van der Waals surface area contributed by atoms with Crippen LogP contribution in [0.2, 0.25) is 5.15 Å². The van der Waals surface area contributed by atoms with Crippen LogP contribution in [0.5, 0.6) is 5.75 Å². The highest BCUT2D eigenvalue weighted by molar-refractivity contribution is 6.29. The molecule has 4 heterocycles.